The van der Waals surface area contributed by atoms with Crippen molar-refractivity contribution in [2.24, 2.45) is 0 Å². The minimum atomic E-state index is 0.0680. The van der Waals surface area contributed by atoms with Crippen molar-refractivity contribution in [1.29, 1.82) is 0 Å². The molecule has 0 bridgehead atoms. The van der Waals surface area contributed by atoms with E-state index in [9.17, 15) is 4.79 Å². The van der Waals surface area contributed by atoms with Gasteiger partial charge < -0.3 is 14.7 Å². The molecule has 19 heavy (non-hydrogen) atoms. The molecule has 2 heterocycles. The zero-order valence-corrected chi connectivity index (χ0v) is 11.9. The van der Waals surface area contributed by atoms with Crippen LogP contribution in [0.25, 0.3) is 0 Å². The van der Waals surface area contributed by atoms with Gasteiger partial charge in [0.25, 0.3) is 0 Å². The molecule has 106 valence electrons. The fraction of sp³-hybridized carbons (Fsp3) is 0.643. The number of carbonyl (C=O) groups is 1. The fourth-order valence-corrected chi connectivity index (χ4v) is 2.99. The molecule has 1 fully saturated rings. The van der Waals surface area contributed by atoms with Gasteiger partial charge in [-0.25, -0.2) is 0 Å². The van der Waals surface area contributed by atoms with E-state index in [4.69, 9.17) is 9.84 Å². The molecule has 2 rings (SSSR count). The molecule has 5 heteroatoms. The number of ether oxygens (including phenoxy) is 1. The summed E-state index contributed by atoms with van der Waals surface area (Å²) in [5, 5.41) is 10.9. The van der Waals surface area contributed by atoms with E-state index in [-0.39, 0.29) is 18.6 Å². The molecule has 1 aromatic rings. The number of nitrogens with zero attached hydrogens (tertiary/aromatic N) is 1. The quantitative estimate of drug-likeness (QED) is 0.833. The van der Waals surface area contributed by atoms with Gasteiger partial charge >= 0.3 is 0 Å². The first-order valence-electron chi connectivity index (χ1n) is 6.82. The Kier molecular flexibility index (Phi) is 5.82. The molecule has 0 radical (unpaired) electrons. The van der Waals surface area contributed by atoms with Gasteiger partial charge in [-0.3, -0.25) is 4.79 Å². The molecule has 1 amide bonds. The van der Waals surface area contributed by atoms with Gasteiger partial charge in [0.1, 0.15) is 0 Å². The minimum absolute atomic E-state index is 0.0680. The highest BCUT2D eigenvalue weighted by molar-refractivity contribution is 7.09. The third-order valence-electron chi connectivity index (χ3n) is 3.28. The molecular formula is C14H21NO3S. The largest absolute Gasteiger partial charge is 0.396 e. The van der Waals surface area contributed by atoms with Gasteiger partial charge in [0.2, 0.25) is 5.91 Å². The summed E-state index contributed by atoms with van der Waals surface area (Å²) in [6.07, 6.45) is 3.24. The number of aliphatic hydroxyl groups is 1. The number of thiophene rings is 1. The number of amides is 1. The summed E-state index contributed by atoms with van der Waals surface area (Å²) in [6.45, 7) is 2.20. The van der Waals surface area contributed by atoms with Crippen LogP contribution in [-0.4, -0.2) is 41.8 Å². The Morgan fingerprint density at radius 1 is 1.58 bits per heavy atom. The topological polar surface area (TPSA) is 49.8 Å². The van der Waals surface area contributed by atoms with Crippen LogP contribution >= 0.6 is 11.3 Å². The summed E-state index contributed by atoms with van der Waals surface area (Å²) < 4.78 is 5.62. The van der Waals surface area contributed by atoms with E-state index in [2.05, 4.69) is 0 Å². The van der Waals surface area contributed by atoms with Crippen LogP contribution < -0.4 is 0 Å². The summed E-state index contributed by atoms with van der Waals surface area (Å²) in [7, 11) is 0. The lowest BCUT2D eigenvalue weighted by atomic mass is 10.2. The van der Waals surface area contributed by atoms with E-state index in [1.54, 1.807) is 11.3 Å². The maximum Gasteiger partial charge on any atom is 0.223 e. The van der Waals surface area contributed by atoms with Crippen LogP contribution in [0.5, 0.6) is 0 Å². The van der Waals surface area contributed by atoms with Crippen LogP contribution in [0.15, 0.2) is 17.5 Å². The Hall–Kier alpha value is -0.910. The van der Waals surface area contributed by atoms with Crippen LogP contribution in [0.2, 0.25) is 0 Å². The maximum absolute atomic E-state index is 12.2. The molecule has 1 unspecified atom stereocenters. The molecule has 0 spiro atoms. The van der Waals surface area contributed by atoms with Gasteiger partial charge in [0, 0.05) is 31.1 Å². The average Bonchev–Trinajstić information content (AvgIpc) is 3.08. The number of hydrogen-bond acceptors (Lipinski definition) is 4. The molecule has 0 aliphatic carbocycles. The Labute approximate surface area is 118 Å². The lowest BCUT2D eigenvalue weighted by Gasteiger charge is -2.25. The van der Waals surface area contributed by atoms with Gasteiger partial charge in [-0.2, -0.15) is 0 Å². The van der Waals surface area contributed by atoms with E-state index >= 15 is 0 Å². The number of carbonyl (C=O) groups excluding carboxylic acids is 1. The maximum atomic E-state index is 12.2. The van der Waals surface area contributed by atoms with E-state index in [0.717, 1.165) is 19.4 Å². The zero-order valence-electron chi connectivity index (χ0n) is 11.1. The first-order chi connectivity index (χ1) is 9.29. The molecule has 1 N–H and O–H groups in total. The van der Waals surface area contributed by atoms with Crippen LogP contribution in [0.1, 0.15) is 30.6 Å². The van der Waals surface area contributed by atoms with E-state index in [1.807, 2.05) is 22.4 Å². The van der Waals surface area contributed by atoms with Crippen molar-refractivity contribution >= 4 is 17.2 Å². The summed E-state index contributed by atoms with van der Waals surface area (Å²) >= 11 is 1.67. The molecular weight excluding hydrogens is 262 g/mol. The predicted molar refractivity (Wildman–Crippen MR) is 75.0 cm³/mol. The van der Waals surface area contributed by atoms with Crippen molar-refractivity contribution < 1.29 is 14.6 Å². The molecule has 1 saturated heterocycles. The van der Waals surface area contributed by atoms with Crippen molar-refractivity contribution in [2.75, 3.05) is 19.8 Å². The van der Waals surface area contributed by atoms with Crippen LogP contribution in [0.3, 0.4) is 0 Å². The highest BCUT2D eigenvalue weighted by Crippen LogP contribution is 2.18. The smallest absolute Gasteiger partial charge is 0.223 e. The summed E-state index contributed by atoms with van der Waals surface area (Å²) in [6, 6.07) is 4.05. The third-order valence-corrected chi connectivity index (χ3v) is 4.14. The second kappa shape index (κ2) is 7.62. The monoisotopic (exact) mass is 283 g/mol. The zero-order chi connectivity index (χ0) is 13.5. The van der Waals surface area contributed by atoms with Crippen molar-refractivity contribution in [3.05, 3.63) is 22.4 Å². The van der Waals surface area contributed by atoms with Gasteiger partial charge in [-0.15, -0.1) is 11.3 Å². The van der Waals surface area contributed by atoms with E-state index < -0.39 is 0 Å². The molecule has 1 aromatic heterocycles. The summed E-state index contributed by atoms with van der Waals surface area (Å²) in [5.41, 5.74) is 0. The molecule has 1 aliphatic rings. The fourth-order valence-electron chi connectivity index (χ4n) is 2.27. The Balaban J connectivity index is 1.92. The predicted octanol–water partition coefficient (Wildman–Crippen LogP) is 2.03. The van der Waals surface area contributed by atoms with Gasteiger partial charge in [0.05, 0.1) is 12.6 Å². The van der Waals surface area contributed by atoms with Crippen molar-refractivity contribution in [2.45, 2.75) is 38.3 Å². The normalized spacial score (nSPS) is 18.7. The minimum Gasteiger partial charge on any atom is -0.396 e. The Morgan fingerprint density at radius 3 is 3.11 bits per heavy atom. The van der Waals surface area contributed by atoms with Gasteiger partial charge in [-0.1, -0.05) is 6.07 Å². The number of aliphatic hydroxyl groups excluding tert-OH is 1. The van der Waals surface area contributed by atoms with Crippen molar-refractivity contribution in [3.63, 3.8) is 0 Å². The second-order valence-corrected chi connectivity index (χ2v) is 5.85. The average molecular weight is 283 g/mol. The molecule has 4 nitrogen and oxygen atoms in total. The molecule has 0 aromatic carbocycles. The van der Waals surface area contributed by atoms with E-state index in [0.29, 0.717) is 25.9 Å². The number of hydrogen-bond donors (Lipinski definition) is 1. The summed E-state index contributed by atoms with van der Waals surface area (Å²) in [4.78, 5) is 15.2. The second-order valence-electron chi connectivity index (χ2n) is 4.82. The highest BCUT2D eigenvalue weighted by atomic mass is 32.1. The van der Waals surface area contributed by atoms with Crippen molar-refractivity contribution in [1.82, 2.24) is 4.90 Å². The van der Waals surface area contributed by atoms with Crippen molar-refractivity contribution in [3.8, 4) is 0 Å². The van der Waals surface area contributed by atoms with Crippen LogP contribution in [0.4, 0.5) is 0 Å². The third kappa shape index (κ3) is 4.60. The standard InChI is InChI=1S/C14H21NO3S/c16-7-1-6-14(17)15(10-12-4-2-8-18-12)11-13-5-3-9-19-13/h3,5,9,12,16H,1-2,4,6-8,10-11H2. The van der Waals surface area contributed by atoms with Gasteiger partial charge in [0.15, 0.2) is 0 Å². The van der Waals surface area contributed by atoms with Crippen LogP contribution in [-0.2, 0) is 16.1 Å². The lowest BCUT2D eigenvalue weighted by molar-refractivity contribution is -0.133. The number of rotatable bonds is 7. The summed E-state index contributed by atoms with van der Waals surface area (Å²) in [5.74, 6) is 0.109. The highest BCUT2D eigenvalue weighted by Gasteiger charge is 2.22. The first-order valence-corrected chi connectivity index (χ1v) is 7.70. The van der Waals surface area contributed by atoms with Crippen LogP contribution in [0, 0.1) is 0 Å². The SMILES string of the molecule is O=C(CCCO)N(Cc1cccs1)CC1CCCO1. The molecule has 1 atom stereocenters. The molecule has 1 aliphatic heterocycles. The first kappa shape index (κ1) is 14.5. The Morgan fingerprint density at radius 2 is 2.47 bits per heavy atom. The van der Waals surface area contributed by atoms with Gasteiger partial charge in [-0.05, 0) is 30.7 Å². The van der Waals surface area contributed by atoms with E-state index in [1.165, 1.54) is 4.88 Å². The lowest BCUT2D eigenvalue weighted by Crippen LogP contribution is -2.36. The molecule has 0 saturated carbocycles. The Bertz CT molecular complexity index is 374.